The number of amides is 2. The van der Waals surface area contributed by atoms with Gasteiger partial charge >= 0.3 is 0 Å². The van der Waals surface area contributed by atoms with Crippen molar-refractivity contribution < 1.29 is 18.7 Å². The molecule has 34 heavy (non-hydrogen) atoms. The number of rotatable bonds is 6. The molecule has 6 nitrogen and oxygen atoms in total. The van der Waals surface area contributed by atoms with E-state index in [1.165, 1.54) is 23.5 Å². The number of aromatic nitrogens is 1. The fourth-order valence-corrected chi connectivity index (χ4v) is 5.32. The van der Waals surface area contributed by atoms with Crippen LogP contribution >= 0.6 is 11.3 Å². The molecule has 2 unspecified atom stereocenters. The topological polar surface area (TPSA) is 71.5 Å². The molecule has 172 valence electrons. The van der Waals surface area contributed by atoms with Gasteiger partial charge in [-0.3, -0.25) is 9.59 Å². The minimum Gasteiger partial charge on any atom is -0.383 e. The van der Waals surface area contributed by atoms with E-state index < -0.39 is 12.0 Å². The van der Waals surface area contributed by atoms with Crippen LogP contribution in [0.2, 0.25) is 0 Å². The molecule has 3 aromatic carbocycles. The molecule has 2 atom stereocenters. The molecule has 0 bridgehead atoms. The highest BCUT2D eigenvalue weighted by Crippen LogP contribution is 2.43. The summed E-state index contributed by atoms with van der Waals surface area (Å²) in [5.74, 6) is -1.57. The standard InChI is InChI=1S/C26H22FN3O3S/c1-33-15-14-30-23(16-10-12-17(27)13-11-16)22(18-6-2-3-7-19(18)25(30)32)24(31)29-26-28-20-8-4-5-9-21(20)34-26/h2-13,22-23H,14-15H2,1H3,(H,28,29,31). The van der Waals surface area contributed by atoms with Gasteiger partial charge in [0.1, 0.15) is 5.82 Å². The summed E-state index contributed by atoms with van der Waals surface area (Å²) >= 11 is 1.39. The van der Waals surface area contributed by atoms with Crippen molar-refractivity contribution in [2.24, 2.45) is 0 Å². The van der Waals surface area contributed by atoms with Crippen LogP contribution in [0.4, 0.5) is 9.52 Å². The van der Waals surface area contributed by atoms with E-state index in [4.69, 9.17) is 4.74 Å². The smallest absolute Gasteiger partial charge is 0.254 e. The Kier molecular flexibility index (Phi) is 6.08. The first-order chi connectivity index (χ1) is 16.6. The summed E-state index contributed by atoms with van der Waals surface area (Å²) in [6, 6.07) is 20.1. The van der Waals surface area contributed by atoms with Crippen LogP contribution in [0.25, 0.3) is 10.2 Å². The lowest BCUT2D eigenvalue weighted by Gasteiger charge is -2.41. The minimum absolute atomic E-state index is 0.189. The van der Waals surface area contributed by atoms with Gasteiger partial charge in [0.15, 0.2) is 5.13 Å². The Morgan fingerprint density at radius 3 is 2.59 bits per heavy atom. The van der Waals surface area contributed by atoms with Gasteiger partial charge < -0.3 is 15.0 Å². The predicted octanol–water partition coefficient (Wildman–Crippen LogP) is 5.00. The average Bonchev–Trinajstić information content (AvgIpc) is 3.26. The Balaban J connectivity index is 1.60. The molecule has 1 aliphatic heterocycles. The van der Waals surface area contributed by atoms with Crippen molar-refractivity contribution in [1.82, 2.24) is 9.88 Å². The van der Waals surface area contributed by atoms with Gasteiger partial charge in [0.05, 0.1) is 28.8 Å². The number of hydrogen-bond acceptors (Lipinski definition) is 5. The van der Waals surface area contributed by atoms with E-state index in [0.717, 1.165) is 10.2 Å². The number of carbonyl (C=O) groups is 2. The van der Waals surface area contributed by atoms with Crippen LogP contribution in [-0.4, -0.2) is 42.0 Å². The molecule has 5 rings (SSSR count). The maximum Gasteiger partial charge on any atom is 0.254 e. The molecule has 8 heteroatoms. The summed E-state index contributed by atoms with van der Waals surface area (Å²) in [6.07, 6.45) is 0. The van der Waals surface area contributed by atoms with Gasteiger partial charge in [-0.05, 0) is 41.5 Å². The molecule has 0 radical (unpaired) electrons. The van der Waals surface area contributed by atoms with E-state index >= 15 is 0 Å². The van der Waals surface area contributed by atoms with Crippen molar-refractivity contribution in [1.29, 1.82) is 0 Å². The Hall–Kier alpha value is -3.62. The summed E-state index contributed by atoms with van der Waals surface area (Å²) in [5.41, 5.74) is 2.58. The van der Waals surface area contributed by atoms with Gasteiger partial charge in [0.25, 0.3) is 5.91 Å². The molecule has 0 spiro atoms. The summed E-state index contributed by atoms with van der Waals surface area (Å²) in [6.45, 7) is 0.592. The highest BCUT2D eigenvalue weighted by atomic mass is 32.1. The van der Waals surface area contributed by atoms with E-state index in [1.54, 1.807) is 42.3 Å². The number of fused-ring (bicyclic) bond motifs is 2. The zero-order valence-corrected chi connectivity index (χ0v) is 19.2. The monoisotopic (exact) mass is 475 g/mol. The molecule has 0 fully saturated rings. The van der Waals surface area contributed by atoms with Gasteiger partial charge in [-0.15, -0.1) is 0 Å². The predicted molar refractivity (Wildman–Crippen MR) is 129 cm³/mol. The van der Waals surface area contributed by atoms with Gasteiger partial charge in [0.2, 0.25) is 5.91 Å². The van der Waals surface area contributed by atoms with Gasteiger partial charge in [-0.25, -0.2) is 9.37 Å². The molecule has 1 aromatic heterocycles. The number of ether oxygens (including phenoxy) is 1. The van der Waals surface area contributed by atoms with Crippen molar-refractivity contribution in [2.45, 2.75) is 12.0 Å². The first-order valence-corrected chi connectivity index (χ1v) is 11.7. The Morgan fingerprint density at radius 1 is 1.09 bits per heavy atom. The van der Waals surface area contributed by atoms with E-state index in [2.05, 4.69) is 10.3 Å². The first kappa shape index (κ1) is 22.2. The number of carbonyl (C=O) groups excluding carboxylic acids is 2. The second kappa shape index (κ2) is 9.32. The lowest BCUT2D eigenvalue weighted by molar-refractivity contribution is -0.119. The number of hydrogen-bond donors (Lipinski definition) is 1. The molecule has 0 saturated carbocycles. The fraction of sp³-hybridized carbons (Fsp3) is 0.192. The lowest BCUT2D eigenvalue weighted by atomic mass is 9.79. The third-order valence-electron chi connectivity index (χ3n) is 5.99. The Bertz CT molecular complexity index is 1320. The van der Waals surface area contributed by atoms with Crippen LogP contribution < -0.4 is 5.32 Å². The number of thiazole rings is 1. The van der Waals surface area contributed by atoms with Crippen molar-refractivity contribution >= 4 is 38.5 Å². The van der Waals surface area contributed by atoms with Crippen molar-refractivity contribution in [3.63, 3.8) is 0 Å². The highest BCUT2D eigenvalue weighted by molar-refractivity contribution is 7.22. The van der Waals surface area contributed by atoms with E-state index in [9.17, 15) is 14.0 Å². The van der Waals surface area contributed by atoms with E-state index in [-0.39, 0.29) is 24.2 Å². The molecule has 0 aliphatic carbocycles. The zero-order chi connectivity index (χ0) is 23.7. The van der Waals surface area contributed by atoms with Crippen LogP contribution in [-0.2, 0) is 9.53 Å². The van der Waals surface area contributed by atoms with Crippen LogP contribution in [0, 0.1) is 5.82 Å². The number of benzene rings is 3. The number of nitrogens with zero attached hydrogens (tertiary/aromatic N) is 2. The first-order valence-electron chi connectivity index (χ1n) is 10.9. The summed E-state index contributed by atoms with van der Waals surface area (Å²) in [5, 5.41) is 3.46. The average molecular weight is 476 g/mol. The minimum atomic E-state index is -0.719. The number of methoxy groups -OCH3 is 1. The van der Waals surface area contributed by atoms with Crippen LogP contribution in [0.15, 0.2) is 72.8 Å². The summed E-state index contributed by atoms with van der Waals surface area (Å²) < 4.78 is 19.9. The van der Waals surface area contributed by atoms with E-state index in [1.807, 2.05) is 30.3 Å². The van der Waals surface area contributed by atoms with Crippen molar-refractivity contribution in [3.05, 3.63) is 95.3 Å². The van der Waals surface area contributed by atoms with Crippen molar-refractivity contribution in [3.8, 4) is 0 Å². The number of para-hydroxylation sites is 1. The molecular weight excluding hydrogens is 453 g/mol. The molecule has 2 heterocycles. The maximum absolute atomic E-state index is 13.8. The summed E-state index contributed by atoms with van der Waals surface area (Å²) in [4.78, 5) is 33.4. The van der Waals surface area contributed by atoms with Gasteiger partial charge in [-0.1, -0.05) is 53.8 Å². The highest BCUT2D eigenvalue weighted by Gasteiger charge is 2.44. The normalized spacial score (nSPS) is 17.6. The molecule has 4 aromatic rings. The van der Waals surface area contributed by atoms with Crippen LogP contribution in [0.5, 0.6) is 0 Å². The van der Waals surface area contributed by atoms with E-state index in [0.29, 0.717) is 28.4 Å². The summed E-state index contributed by atoms with van der Waals surface area (Å²) in [7, 11) is 1.56. The lowest BCUT2D eigenvalue weighted by Crippen LogP contribution is -2.47. The van der Waals surface area contributed by atoms with Gasteiger partial charge in [-0.2, -0.15) is 0 Å². The maximum atomic E-state index is 13.8. The Labute approximate surface area is 200 Å². The quantitative estimate of drug-likeness (QED) is 0.426. The molecule has 2 amide bonds. The third kappa shape index (κ3) is 4.06. The van der Waals surface area contributed by atoms with Gasteiger partial charge in [0, 0.05) is 19.2 Å². The molecule has 1 N–H and O–H groups in total. The third-order valence-corrected chi connectivity index (χ3v) is 6.94. The van der Waals surface area contributed by atoms with Crippen molar-refractivity contribution in [2.75, 3.05) is 25.6 Å². The SMILES string of the molecule is COCCN1C(=O)c2ccccc2C(C(=O)Nc2nc3ccccc3s2)C1c1ccc(F)cc1. The largest absolute Gasteiger partial charge is 0.383 e. The second-order valence-corrected chi connectivity index (χ2v) is 9.06. The van der Waals surface area contributed by atoms with Crippen LogP contribution in [0.3, 0.4) is 0 Å². The Morgan fingerprint density at radius 2 is 1.82 bits per heavy atom. The number of halogens is 1. The molecule has 1 aliphatic rings. The number of nitrogens with one attached hydrogen (secondary N) is 1. The molecular formula is C26H22FN3O3S. The second-order valence-electron chi connectivity index (χ2n) is 8.03. The molecule has 0 saturated heterocycles. The van der Waals surface area contributed by atoms with Crippen LogP contribution in [0.1, 0.15) is 33.4 Å². The zero-order valence-electron chi connectivity index (χ0n) is 18.4. The number of anilines is 1. The fourth-order valence-electron chi connectivity index (χ4n) is 4.45.